The number of rotatable bonds is 11. The van der Waals surface area contributed by atoms with Crippen LogP contribution >= 0.6 is 0 Å². The number of carbonyl (C=O) groups excluding carboxylic acids is 1. The van der Waals surface area contributed by atoms with E-state index in [4.69, 9.17) is 5.41 Å². The van der Waals surface area contributed by atoms with Crippen molar-refractivity contribution in [2.45, 2.75) is 52.5 Å². The van der Waals surface area contributed by atoms with Gasteiger partial charge in [-0.2, -0.15) is 0 Å². The van der Waals surface area contributed by atoms with E-state index in [1.807, 2.05) is 67.8 Å². The normalized spacial score (nSPS) is 18.3. The number of nitrogens with zero attached hydrogens (tertiary/aromatic N) is 2. The molecule has 1 aliphatic heterocycles. The summed E-state index contributed by atoms with van der Waals surface area (Å²) in [5.41, 5.74) is 7.16. The molecular formula is C34H46N6O. The summed E-state index contributed by atoms with van der Waals surface area (Å²) in [7, 11) is 3.97. The summed E-state index contributed by atoms with van der Waals surface area (Å²) in [5, 5.41) is 15.0. The zero-order valence-corrected chi connectivity index (χ0v) is 25.5. The molecule has 2 aromatic rings. The predicted octanol–water partition coefficient (Wildman–Crippen LogP) is 6.41. The third kappa shape index (κ3) is 6.91. The van der Waals surface area contributed by atoms with Gasteiger partial charge in [-0.3, -0.25) is 9.69 Å². The van der Waals surface area contributed by atoms with Crippen molar-refractivity contribution in [2.75, 3.05) is 39.0 Å². The number of hydrogen-bond donors (Lipinski definition) is 4. The van der Waals surface area contributed by atoms with Gasteiger partial charge in [0, 0.05) is 96.1 Å². The van der Waals surface area contributed by atoms with E-state index in [0.29, 0.717) is 12.1 Å². The molecule has 4 rings (SSSR count). The van der Waals surface area contributed by atoms with E-state index in [1.165, 1.54) is 19.1 Å². The van der Waals surface area contributed by atoms with Crippen LogP contribution in [0.2, 0.25) is 0 Å². The van der Waals surface area contributed by atoms with Gasteiger partial charge in [-0.05, 0) is 63.4 Å². The van der Waals surface area contributed by atoms with E-state index >= 15 is 0 Å². The number of aromatic nitrogens is 1. The average Bonchev–Trinajstić information content (AvgIpc) is 3.54. The summed E-state index contributed by atoms with van der Waals surface area (Å²) in [6.45, 7) is 15.5. The molecule has 1 saturated heterocycles. The molecule has 0 spiro atoms. The zero-order valence-electron chi connectivity index (χ0n) is 25.5. The molecular weight excluding hydrogens is 508 g/mol. The lowest BCUT2D eigenvalue weighted by molar-refractivity contribution is -0.117. The Balaban J connectivity index is 1.53. The van der Waals surface area contributed by atoms with E-state index in [-0.39, 0.29) is 16.9 Å². The lowest BCUT2D eigenvalue weighted by Crippen LogP contribution is -2.43. The second-order valence-corrected chi connectivity index (χ2v) is 12.6. The number of benzene rings is 1. The first kappa shape index (κ1) is 30.1. The van der Waals surface area contributed by atoms with E-state index in [9.17, 15) is 4.79 Å². The van der Waals surface area contributed by atoms with Gasteiger partial charge >= 0.3 is 0 Å². The Kier molecular flexibility index (Phi) is 9.08. The van der Waals surface area contributed by atoms with E-state index in [0.717, 1.165) is 58.9 Å². The first-order chi connectivity index (χ1) is 19.4. The van der Waals surface area contributed by atoms with Crippen molar-refractivity contribution in [2.24, 2.45) is 5.41 Å². The molecule has 1 aliphatic carbocycles. The Bertz CT molecular complexity index is 1390. The van der Waals surface area contributed by atoms with Crippen molar-refractivity contribution in [3.8, 4) is 11.3 Å². The predicted molar refractivity (Wildman–Crippen MR) is 172 cm³/mol. The molecule has 1 amide bonds. The van der Waals surface area contributed by atoms with Crippen LogP contribution in [0.4, 0.5) is 5.69 Å². The standard InChI is InChI=1S/C34H46N6O/c1-8-24(23-39(6)7)26-19-30(37-22-26)27-11-9-12-29(28(27)21-35)38-31-20-25(13-15-33(31,2)3)32(41)36-16-18-40-17-10-14-34(40,4)5/h8-9,11-13,19-23,35,37-38H,1,10,14-18H2,2-7H3,(H,36,41)/b24-23+,35-21?. The first-order valence-electron chi connectivity index (χ1n) is 14.5. The molecule has 2 aliphatic rings. The molecule has 41 heavy (non-hydrogen) atoms. The van der Waals surface area contributed by atoms with Gasteiger partial charge in [0.15, 0.2) is 0 Å². The highest BCUT2D eigenvalue weighted by atomic mass is 16.1. The molecule has 0 radical (unpaired) electrons. The van der Waals surface area contributed by atoms with Gasteiger partial charge in [-0.1, -0.05) is 44.7 Å². The monoisotopic (exact) mass is 554 g/mol. The lowest BCUT2D eigenvalue weighted by atomic mass is 9.80. The maximum Gasteiger partial charge on any atom is 0.251 e. The second kappa shape index (κ2) is 12.4. The van der Waals surface area contributed by atoms with Crippen LogP contribution in [0.15, 0.2) is 72.7 Å². The summed E-state index contributed by atoms with van der Waals surface area (Å²) in [4.78, 5) is 21.0. The second-order valence-electron chi connectivity index (χ2n) is 12.6. The van der Waals surface area contributed by atoms with Crippen molar-refractivity contribution >= 4 is 23.4 Å². The van der Waals surface area contributed by atoms with Crippen molar-refractivity contribution < 1.29 is 4.79 Å². The van der Waals surface area contributed by atoms with Gasteiger partial charge in [0.25, 0.3) is 5.91 Å². The Hall–Kier alpha value is -3.84. The van der Waals surface area contributed by atoms with Crippen LogP contribution in [0.5, 0.6) is 0 Å². The minimum atomic E-state index is -0.186. The molecule has 1 fully saturated rings. The number of aromatic amines is 1. The highest BCUT2D eigenvalue weighted by molar-refractivity contribution is 5.98. The maximum absolute atomic E-state index is 13.1. The molecule has 1 aromatic carbocycles. The number of H-pyrrole nitrogens is 1. The highest BCUT2D eigenvalue weighted by Gasteiger charge is 2.32. The van der Waals surface area contributed by atoms with Gasteiger partial charge in [0.1, 0.15) is 0 Å². The summed E-state index contributed by atoms with van der Waals surface area (Å²) in [5.74, 6) is -0.0412. The van der Waals surface area contributed by atoms with Crippen LogP contribution in [-0.2, 0) is 4.79 Å². The number of anilines is 1. The molecule has 1 aromatic heterocycles. The van der Waals surface area contributed by atoms with Crippen LogP contribution < -0.4 is 10.6 Å². The number of nitrogens with one attached hydrogen (secondary N) is 4. The smallest absolute Gasteiger partial charge is 0.251 e. The van der Waals surface area contributed by atoms with Gasteiger partial charge in [0.05, 0.1) is 0 Å². The quantitative estimate of drug-likeness (QED) is 0.191. The van der Waals surface area contributed by atoms with Crippen LogP contribution in [0.25, 0.3) is 16.8 Å². The minimum absolute atomic E-state index is 0.0412. The molecule has 0 bridgehead atoms. The average molecular weight is 555 g/mol. The van der Waals surface area contributed by atoms with Crippen LogP contribution in [0, 0.1) is 10.8 Å². The SMILES string of the molecule is C=C/C(=C\N(C)C)c1c[nH]c(-c2cccc(NC3=CC(C(=O)NCCN4CCCC4(C)C)=CCC3(C)C)c2C=N)c1. The summed E-state index contributed by atoms with van der Waals surface area (Å²) in [6.07, 6.45) is 14.4. The van der Waals surface area contributed by atoms with Gasteiger partial charge in [0.2, 0.25) is 0 Å². The van der Waals surface area contributed by atoms with Crippen LogP contribution in [-0.4, -0.2) is 66.2 Å². The first-order valence-corrected chi connectivity index (χ1v) is 14.5. The number of allylic oxidation sites excluding steroid dienone is 4. The Labute approximate surface area is 245 Å². The van der Waals surface area contributed by atoms with Crippen LogP contribution in [0.1, 0.15) is 58.1 Å². The van der Waals surface area contributed by atoms with Crippen molar-refractivity contribution in [3.05, 3.63) is 83.9 Å². The van der Waals surface area contributed by atoms with Crippen molar-refractivity contribution in [1.82, 2.24) is 20.1 Å². The fraction of sp³-hybridized carbons (Fsp3) is 0.412. The Morgan fingerprint density at radius 3 is 2.68 bits per heavy atom. The van der Waals surface area contributed by atoms with Crippen LogP contribution in [0.3, 0.4) is 0 Å². The molecule has 7 heteroatoms. The topological polar surface area (TPSA) is 87.2 Å². The molecule has 0 atom stereocenters. The molecule has 7 nitrogen and oxygen atoms in total. The maximum atomic E-state index is 13.1. The summed E-state index contributed by atoms with van der Waals surface area (Å²) < 4.78 is 0. The van der Waals surface area contributed by atoms with Gasteiger partial charge < -0.3 is 25.9 Å². The zero-order chi connectivity index (χ0) is 29.8. The fourth-order valence-electron chi connectivity index (χ4n) is 5.68. The number of likely N-dealkylation sites (tertiary alicyclic amines) is 1. The fourth-order valence-corrected chi connectivity index (χ4v) is 5.68. The molecule has 2 heterocycles. The van der Waals surface area contributed by atoms with Gasteiger partial charge in [-0.25, -0.2) is 0 Å². The van der Waals surface area contributed by atoms with Gasteiger partial charge in [-0.15, -0.1) is 0 Å². The highest BCUT2D eigenvalue weighted by Crippen LogP contribution is 2.38. The van der Waals surface area contributed by atoms with E-state index in [1.54, 1.807) is 0 Å². The van der Waals surface area contributed by atoms with Crippen molar-refractivity contribution in [3.63, 3.8) is 0 Å². The number of amides is 1. The molecule has 218 valence electrons. The Morgan fingerprint density at radius 2 is 2.02 bits per heavy atom. The summed E-state index contributed by atoms with van der Waals surface area (Å²) >= 11 is 0. The molecule has 0 saturated carbocycles. The van der Waals surface area contributed by atoms with Crippen molar-refractivity contribution in [1.29, 1.82) is 5.41 Å². The van der Waals surface area contributed by atoms with E-state index in [2.05, 4.69) is 60.9 Å². The van der Waals surface area contributed by atoms with E-state index < -0.39 is 0 Å². The largest absolute Gasteiger partial charge is 0.383 e. The third-order valence-electron chi connectivity index (χ3n) is 8.31. The molecule has 4 N–H and O–H groups in total. The summed E-state index contributed by atoms with van der Waals surface area (Å²) in [6, 6.07) is 8.09. The minimum Gasteiger partial charge on any atom is -0.383 e. The number of carbonyl (C=O) groups is 1. The Morgan fingerprint density at radius 1 is 1.24 bits per heavy atom. The molecule has 0 unspecified atom stereocenters. The lowest BCUT2D eigenvalue weighted by Gasteiger charge is -2.33. The number of hydrogen-bond acceptors (Lipinski definition) is 5. The third-order valence-corrected chi connectivity index (χ3v) is 8.31.